The van der Waals surface area contributed by atoms with Crippen molar-refractivity contribution >= 4 is 89.2 Å². The molecule has 0 aliphatic heterocycles. The zero-order valence-corrected chi connectivity index (χ0v) is 28.2. The van der Waals surface area contributed by atoms with E-state index < -0.39 is 0 Å². The maximum atomic E-state index is 5.41. The molecule has 0 atom stereocenters. The molecule has 0 fully saturated rings. The molecule has 0 aliphatic carbocycles. The SMILES string of the molecule is c1ccc(-n2c3ccccc3c3c2ccc2c4ccccc4n(-c4nccc(B(c5ccc6ncccc6n5)c5ccc6ncccc6n5)n4)c23)cc1. The van der Waals surface area contributed by atoms with Crippen molar-refractivity contribution in [3.63, 3.8) is 0 Å². The fourth-order valence-electron chi connectivity index (χ4n) is 7.92. The fraction of sp³-hybridized carbons (Fsp3) is 0. The molecule has 246 valence electrons. The highest BCUT2D eigenvalue weighted by molar-refractivity contribution is 6.94. The molecular formula is C44H27BN8. The molecule has 0 radical (unpaired) electrons. The van der Waals surface area contributed by atoms with Gasteiger partial charge in [-0.25, -0.2) is 9.97 Å². The molecule has 7 heterocycles. The van der Waals surface area contributed by atoms with Gasteiger partial charge in [0.1, 0.15) is 0 Å². The van der Waals surface area contributed by atoms with Gasteiger partial charge in [-0.2, -0.15) is 0 Å². The number of benzene rings is 4. The summed E-state index contributed by atoms with van der Waals surface area (Å²) in [6.07, 6.45) is 5.43. The Kier molecular flexibility index (Phi) is 6.48. The van der Waals surface area contributed by atoms with Crippen LogP contribution in [0.4, 0.5) is 0 Å². The van der Waals surface area contributed by atoms with Crippen LogP contribution in [0, 0.1) is 0 Å². The van der Waals surface area contributed by atoms with E-state index in [1.54, 1.807) is 12.4 Å². The summed E-state index contributed by atoms with van der Waals surface area (Å²) < 4.78 is 4.57. The van der Waals surface area contributed by atoms with Gasteiger partial charge < -0.3 is 4.57 Å². The second-order valence-electron chi connectivity index (χ2n) is 13.2. The minimum atomic E-state index is -0.390. The second-order valence-corrected chi connectivity index (χ2v) is 13.2. The number of pyridine rings is 4. The van der Waals surface area contributed by atoms with Crippen LogP contribution >= 0.6 is 0 Å². The first-order valence-corrected chi connectivity index (χ1v) is 17.6. The Morgan fingerprint density at radius 3 is 1.72 bits per heavy atom. The van der Waals surface area contributed by atoms with Gasteiger partial charge >= 0.3 is 6.71 Å². The molecule has 4 aromatic carbocycles. The number of fused-ring (bicyclic) bond motifs is 9. The van der Waals surface area contributed by atoms with Gasteiger partial charge in [-0.15, -0.1) is 0 Å². The van der Waals surface area contributed by atoms with Crippen LogP contribution in [-0.4, -0.2) is 45.8 Å². The smallest absolute Gasteiger partial charge is 0.309 e. The maximum Gasteiger partial charge on any atom is 0.310 e. The monoisotopic (exact) mass is 678 g/mol. The van der Waals surface area contributed by atoms with Gasteiger partial charge in [0.15, 0.2) is 0 Å². The highest BCUT2D eigenvalue weighted by atomic mass is 15.2. The van der Waals surface area contributed by atoms with Gasteiger partial charge in [0.2, 0.25) is 5.95 Å². The van der Waals surface area contributed by atoms with Crippen molar-refractivity contribution < 1.29 is 0 Å². The average Bonchev–Trinajstić information content (AvgIpc) is 3.74. The van der Waals surface area contributed by atoms with Crippen molar-refractivity contribution in [2.45, 2.75) is 0 Å². The Bertz CT molecular complexity index is 3130. The molecule has 0 amide bonds. The Labute approximate surface area is 303 Å². The van der Waals surface area contributed by atoms with Crippen LogP contribution < -0.4 is 16.8 Å². The molecule has 0 saturated carbocycles. The molecule has 0 N–H and O–H groups in total. The van der Waals surface area contributed by atoms with Gasteiger partial charge in [0.25, 0.3) is 0 Å². The molecular weight excluding hydrogens is 651 g/mol. The van der Waals surface area contributed by atoms with E-state index >= 15 is 0 Å². The van der Waals surface area contributed by atoms with Gasteiger partial charge in [0.05, 0.1) is 44.1 Å². The van der Waals surface area contributed by atoms with E-state index in [4.69, 9.17) is 19.9 Å². The summed E-state index contributed by atoms with van der Waals surface area (Å²) in [4.78, 5) is 29.7. The fourth-order valence-corrected chi connectivity index (χ4v) is 7.92. The van der Waals surface area contributed by atoms with Crippen molar-refractivity contribution in [2.24, 2.45) is 0 Å². The van der Waals surface area contributed by atoms with E-state index in [2.05, 4.69) is 110 Å². The summed E-state index contributed by atoms with van der Waals surface area (Å²) in [5.41, 5.74) is 11.2. The van der Waals surface area contributed by atoms with Crippen molar-refractivity contribution in [2.75, 3.05) is 0 Å². The van der Waals surface area contributed by atoms with Crippen molar-refractivity contribution in [3.05, 3.63) is 164 Å². The first-order valence-electron chi connectivity index (χ1n) is 17.6. The molecule has 0 saturated heterocycles. The van der Waals surface area contributed by atoms with Gasteiger partial charge in [-0.1, -0.05) is 60.7 Å². The molecule has 53 heavy (non-hydrogen) atoms. The summed E-state index contributed by atoms with van der Waals surface area (Å²) in [5.74, 6) is 0.577. The van der Waals surface area contributed by atoms with Crippen LogP contribution in [-0.2, 0) is 0 Å². The lowest BCUT2D eigenvalue weighted by Gasteiger charge is -2.15. The molecule has 0 aliphatic rings. The Balaban J connectivity index is 1.20. The molecule has 11 aromatic rings. The summed E-state index contributed by atoms with van der Waals surface area (Å²) in [6.45, 7) is -0.390. The number of para-hydroxylation sites is 3. The molecule has 11 rings (SSSR count). The highest BCUT2D eigenvalue weighted by Crippen LogP contribution is 2.41. The molecule has 0 spiro atoms. The molecule has 7 aromatic heterocycles. The van der Waals surface area contributed by atoms with Gasteiger partial charge in [0, 0.05) is 62.6 Å². The number of aromatic nitrogens is 8. The predicted octanol–water partition coefficient (Wildman–Crippen LogP) is 7.07. The molecule has 0 bridgehead atoms. The molecule has 9 heteroatoms. The number of hydrogen-bond donors (Lipinski definition) is 0. The van der Waals surface area contributed by atoms with E-state index in [9.17, 15) is 0 Å². The second kappa shape index (κ2) is 11.6. The van der Waals surface area contributed by atoms with E-state index in [1.807, 2.05) is 60.8 Å². The molecule has 8 nitrogen and oxygen atoms in total. The zero-order chi connectivity index (χ0) is 34.9. The number of nitrogens with zero attached hydrogens (tertiary/aromatic N) is 8. The summed E-state index contributed by atoms with van der Waals surface area (Å²) in [6, 6.07) is 50.0. The van der Waals surface area contributed by atoms with Crippen molar-refractivity contribution in [1.29, 1.82) is 0 Å². The normalized spacial score (nSPS) is 11.8. The summed E-state index contributed by atoms with van der Waals surface area (Å²) in [7, 11) is 0. The van der Waals surface area contributed by atoms with Crippen LogP contribution in [0.15, 0.2) is 164 Å². The lowest BCUT2D eigenvalue weighted by atomic mass is 9.42. The molecule has 0 unspecified atom stereocenters. The average molecular weight is 679 g/mol. The Morgan fingerprint density at radius 1 is 0.377 bits per heavy atom. The van der Waals surface area contributed by atoms with Crippen LogP contribution in [0.1, 0.15) is 0 Å². The van der Waals surface area contributed by atoms with Crippen LogP contribution in [0.25, 0.3) is 77.3 Å². The minimum absolute atomic E-state index is 0.390. The lowest BCUT2D eigenvalue weighted by molar-refractivity contribution is 1.00. The highest BCUT2D eigenvalue weighted by Gasteiger charge is 2.29. The van der Waals surface area contributed by atoms with E-state index in [0.29, 0.717) is 5.95 Å². The van der Waals surface area contributed by atoms with Crippen LogP contribution in [0.3, 0.4) is 0 Å². The maximum absolute atomic E-state index is 5.41. The Hall–Kier alpha value is -7.26. The largest absolute Gasteiger partial charge is 0.310 e. The van der Waals surface area contributed by atoms with Crippen molar-refractivity contribution in [3.8, 4) is 11.6 Å². The van der Waals surface area contributed by atoms with Crippen LogP contribution in [0.5, 0.6) is 0 Å². The van der Waals surface area contributed by atoms with Gasteiger partial charge in [-0.05, 0) is 84.9 Å². The zero-order valence-electron chi connectivity index (χ0n) is 28.2. The standard InChI is InChI=1S/C44H27BN8/c1-2-10-28(11-3-1)52-37-17-7-5-13-31(37)42-38(52)21-18-30-29-12-4-6-16-36(29)53(43(30)42)44-48-27-24-41(51-44)45(39-22-19-32-34(49-39)14-8-25-46-32)40-23-20-33-35(50-40)15-9-26-47-33/h1-27H. The number of rotatable bonds is 5. The quantitative estimate of drug-likeness (QED) is 0.181. The van der Waals surface area contributed by atoms with Crippen molar-refractivity contribution in [1.82, 2.24) is 39.0 Å². The first-order chi connectivity index (χ1) is 26.3. The van der Waals surface area contributed by atoms with E-state index in [0.717, 1.165) is 88.1 Å². The predicted molar refractivity (Wildman–Crippen MR) is 214 cm³/mol. The third-order valence-corrected chi connectivity index (χ3v) is 10.2. The third-order valence-electron chi connectivity index (χ3n) is 10.2. The Morgan fingerprint density at radius 2 is 1.00 bits per heavy atom. The number of hydrogen-bond acceptors (Lipinski definition) is 6. The van der Waals surface area contributed by atoms with Gasteiger partial charge in [-0.3, -0.25) is 24.5 Å². The lowest BCUT2D eigenvalue weighted by Crippen LogP contribution is -2.55. The summed E-state index contributed by atoms with van der Waals surface area (Å²) in [5, 5.41) is 4.59. The van der Waals surface area contributed by atoms with E-state index in [-0.39, 0.29) is 6.71 Å². The minimum Gasteiger partial charge on any atom is -0.309 e. The third kappa shape index (κ3) is 4.57. The topological polar surface area (TPSA) is 87.2 Å². The first kappa shape index (κ1) is 29.5. The van der Waals surface area contributed by atoms with Crippen LogP contribution in [0.2, 0.25) is 0 Å². The summed E-state index contributed by atoms with van der Waals surface area (Å²) >= 11 is 0. The van der Waals surface area contributed by atoms with E-state index in [1.165, 1.54) is 0 Å².